The Morgan fingerprint density at radius 2 is 1.73 bits per heavy atom. The lowest BCUT2D eigenvalue weighted by Crippen LogP contribution is -2.52. The number of anilines is 1. The number of carboxylic acid groups (broad SMARTS) is 1. The average molecular weight is 474 g/mol. The van der Waals surface area contributed by atoms with Crippen LogP contribution in [-0.2, 0) is 15.8 Å². The molecule has 1 fully saturated rings. The van der Waals surface area contributed by atoms with Crippen molar-refractivity contribution in [2.75, 3.05) is 37.7 Å². The molecule has 0 saturated carbocycles. The summed E-state index contributed by atoms with van der Waals surface area (Å²) in [4.78, 5) is 41.2. The topological polar surface area (TPSA) is 111 Å². The van der Waals surface area contributed by atoms with Gasteiger partial charge in [-0.05, 0) is 34.6 Å². The van der Waals surface area contributed by atoms with Gasteiger partial charge in [0.2, 0.25) is 5.95 Å². The molecular formula is C20H29F3N6O4. The van der Waals surface area contributed by atoms with Crippen LogP contribution >= 0.6 is 0 Å². The quantitative estimate of drug-likeness (QED) is 0.498. The molecule has 184 valence electrons. The van der Waals surface area contributed by atoms with Gasteiger partial charge in [0, 0.05) is 44.1 Å². The molecule has 2 rings (SSSR count). The molecule has 10 nitrogen and oxygen atoms in total. The van der Waals surface area contributed by atoms with Crippen LogP contribution < -0.4 is 4.90 Å². The number of amides is 2. The van der Waals surface area contributed by atoms with Gasteiger partial charge in [0.25, 0.3) is 5.91 Å². The summed E-state index contributed by atoms with van der Waals surface area (Å²) in [6, 6.07) is -0.551. The van der Waals surface area contributed by atoms with E-state index in [0.717, 1.165) is 12.4 Å². The molecule has 13 heteroatoms. The molecule has 0 bridgehead atoms. The van der Waals surface area contributed by atoms with Crippen molar-refractivity contribution in [1.82, 2.24) is 19.8 Å². The van der Waals surface area contributed by atoms with Crippen LogP contribution in [0.5, 0.6) is 0 Å². The van der Waals surface area contributed by atoms with Crippen molar-refractivity contribution in [2.45, 2.75) is 52.4 Å². The van der Waals surface area contributed by atoms with Gasteiger partial charge in [-0.15, -0.1) is 0 Å². The molecule has 1 aromatic heterocycles. The summed E-state index contributed by atoms with van der Waals surface area (Å²) in [6.07, 6.45) is -4.11. The van der Waals surface area contributed by atoms with E-state index < -0.39 is 29.4 Å². The van der Waals surface area contributed by atoms with E-state index in [0.29, 0.717) is 31.9 Å². The highest BCUT2D eigenvalue weighted by atomic mass is 19.4. The van der Waals surface area contributed by atoms with Crippen molar-refractivity contribution < 1.29 is 32.7 Å². The highest BCUT2D eigenvalue weighted by Crippen LogP contribution is 2.28. The molecule has 1 saturated heterocycles. The standard InChI is InChI=1S/C20H29F3N6O4/c1-13(14(2)29(18(31)32)19(3,4)5)26-33-12-16(30)27-6-8-28(9-7-27)17-24-10-15(11-25-17)20(21,22)23/h10-11,14H,6-9,12H2,1-5H3,(H,31,32)/b26-13+/t14-/m0/s1. The smallest absolute Gasteiger partial charge is 0.419 e. The van der Waals surface area contributed by atoms with Crippen molar-refractivity contribution in [3.8, 4) is 0 Å². The lowest BCUT2D eigenvalue weighted by atomic mass is 10.0. The fourth-order valence-electron chi connectivity index (χ4n) is 3.36. The molecule has 1 aliphatic heterocycles. The van der Waals surface area contributed by atoms with E-state index in [1.54, 1.807) is 44.4 Å². The molecule has 33 heavy (non-hydrogen) atoms. The number of nitrogens with zero attached hydrogens (tertiary/aromatic N) is 6. The van der Waals surface area contributed by atoms with Gasteiger partial charge in [0.1, 0.15) is 0 Å². The van der Waals surface area contributed by atoms with Crippen molar-refractivity contribution in [3.05, 3.63) is 18.0 Å². The summed E-state index contributed by atoms with van der Waals surface area (Å²) < 4.78 is 37.9. The summed E-state index contributed by atoms with van der Waals surface area (Å²) in [5, 5.41) is 13.4. The van der Waals surface area contributed by atoms with E-state index in [1.807, 2.05) is 0 Å². The van der Waals surface area contributed by atoms with Gasteiger partial charge in [-0.25, -0.2) is 14.8 Å². The predicted octanol–water partition coefficient (Wildman–Crippen LogP) is 2.70. The molecule has 0 spiro atoms. The third-order valence-electron chi connectivity index (χ3n) is 5.20. The van der Waals surface area contributed by atoms with E-state index in [9.17, 15) is 27.9 Å². The summed E-state index contributed by atoms with van der Waals surface area (Å²) >= 11 is 0. The second kappa shape index (κ2) is 10.2. The van der Waals surface area contributed by atoms with Crippen molar-refractivity contribution >= 4 is 23.7 Å². The number of carbonyl (C=O) groups excluding carboxylic acids is 1. The maximum Gasteiger partial charge on any atom is 0.419 e. The molecule has 1 aromatic rings. The van der Waals surface area contributed by atoms with Crippen LogP contribution in [0, 0.1) is 0 Å². The third kappa shape index (κ3) is 6.93. The number of oxime groups is 1. The Morgan fingerprint density at radius 3 is 2.18 bits per heavy atom. The minimum atomic E-state index is -4.50. The van der Waals surface area contributed by atoms with Crippen LogP contribution in [-0.4, -0.2) is 87.0 Å². The minimum absolute atomic E-state index is 0.169. The molecule has 1 aliphatic rings. The lowest BCUT2D eigenvalue weighted by molar-refractivity contribution is -0.138. The first-order chi connectivity index (χ1) is 15.2. The molecule has 0 radical (unpaired) electrons. The van der Waals surface area contributed by atoms with E-state index >= 15 is 0 Å². The first-order valence-corrected chi connectivity index (χ1v) is 10.3. The molecule has 0 aliphatic carbocycles. The number of carbonyl (C=O) groups is 2. The first-order valence-electron chi connectivity index (χ1n) is 10.3. The second-order valence-corrected chi connectivity index (χ2v) is 8.64. The highest BCUT2D eigenvalue weighted by Gasteiger charge is 2.33. The number of alkyl halides is 3. The molecule has 1 atom stereocenters. The Labute approximate surface area is 190 Å². The van der Waals surface area contributed by atoms with Gasteiger partial charge < -0.3 is 19.7 Å². The Bertz CT molecular complexity index is 862. The maximum atomic E-state index is 12.6. The normalized spacial score (nSPS) is 16.4. The van der Waals surface area contributed by atoms with Crippen LogP contribution in [0.25, 0.3) is 0 Å². The Hall–Kier alpha value is -3.12. The second-order valence-electron chi connectivity index (χ2n) is 8.64. The summed E-state index contributed by atoms with van der Waals surface area (Å²) in [6.45, 7) is 9.66. The minimum Gasteiger partial charge on any atom is -0.465 e. The molecule has 0 aromatic carbocycles. The van der Waals surface area contributed by atoms with Gasteiger partial charge in [0.15, 0.2) is 6.61 Å². The molecule has 2 amide bonds. The fourth-order valence-corrected chi connectivity index (χ4v) is 3.36. The van der Waals surface area contributed by atoms with Crippen LogP contribution in [0.3, 0.4) is 0 Å². The Morgan fingerprint density at radius 1 is 1.18 bits per heavy atom. The molecular weight excluding hydrogens is 445 g/mol. The van der Waals surface area contributed by atoms with E-state index in [-0.39, 0.29) is 18.5 Å². The number of halogens is 3. The van der Waals surface area contributed by atoms with Crippen LogP contribution in [0.15, 0.2) is 17.5 Å². The number of hydrogen-bond acceptors (Lipinski definition) is 7. The fraction of sp³-hybridized carbons (Fsp3) is 0.650. The average Bonchev–Trinajstić information content (AvgIpc) is 2.71. The largest absolute Gasteiger partial charge is 0.465 e. The number of hydrogen-bond donors (Lipinski definition) is 1. The Kier molecular flexibility index (Phi) is 8.09. The van der Waals surface area contributed by atoms with Gasteiger partial charge in [-0.1, -0.05) is 5.16 Å². The number of rotatable bonds is 6. The van der Waals surface area contributed by atoms with Gasteiger partial charge in [-0.2, -0.15) is 13.2 Å². The summed E-state index contributed by atoms with van der Waals surface area (Å²) in [7, 11) is 0. The van der Waals surface area contributed by atoms with Crippen molar-refractivity contribution in [1.29, 1.82) is 0 Å². The van der Waals surface area contributed by atoms with Crippen LogP contribution in [0.2, 0.25) is 0 Å². The molecule has 2 heterocycles. The molecule has 0 unspecified atom stereocenters. The van der Waals surface area contributed by atoms with Crippen LogP contribution in [0.1, 0.15) is 40.2 Å². The number of piperazine rings is 1. The number of aromatic nitrogens is 2. The Balaban J connectivity index is 1.86. The predicted molar refractivity (Wildman–Crippen MR) is 114 cm³/mol. The highest BCUT2D eigenvalue weighted by molar-refractivity contribution is 5.89. The SMILES string of the molecule is C/C(=N\OCC(=O)N1CCN(c2ncc(C(F)(F)F)cn2)CC1)[C@H](C)N(C(=O)O)C(C)(C)C. The zero-order valence-corrected chi connectivity index (χ0v) is 19.3. The maximum absolute atomic E-state index is 12.6. The van der Waals surface area contributed by atoms with Crippen molar-refractivity contribution in [3.63, 3.8) is 0 Å². The van der Waals surface area contributed by atoms with Crippen molar-refractivity contribution in [2.24, 2.45) is 5.16 Å². The zero-order valence-electron chi connectivity index (χ0n) is 19.3. The third-order valence-corrected chi connectivity index (χ3v) is 5.20. The first kappa shape index (κ1) is 26.1. The van der Waals surface area contributed by atoms with Gasteiger partial charge in [0.05, 0.1) is 17.3 Å². The summed E-state index contributed by atoms with van der Waals surface area (Å²) in [5.41, 5.74) is -1.16. The lowest BCUT2D eigenvalue weighted by Gasteiger charge is -2.37. The monoisotopic (exact) mass is 474 g/mol. The van der Waals surface area contributed by atoms with Crippen LogP contribution in [0.4, 0.5) is 23.9 Å². The molecule has 1 N–H and O–H groups in total. The van der Waals surface area contributed by atoms with Gasteiger partial charge >= 0.3 is 12.3 Å². The zero-order chi connectivity index (χ0) is 25.0. The van der Waals surface area contributed by atoms with E-state index in [1.165, 1.54) is 4.90 Å². The van der Waals surface area contributed by atoms with E-state index in [4.69, 9.17) is 4.84 Å². The summed E-state index contributed by atoms with van der Waals surface area (Å²) in [5.74, 6) is -0.138. The van der Waals surface area contributed by atoms with Gasteiger partial charge in [-0.3, -0.25) is 9.69 Å². The van der Waals surface area contributed by atoms with E-state index in [2.05, 4.69) is 15.1 Å².